The first-order valence-corrected chi connectivity index (χ1v) is 8.47. The van der Waals surface area contributed by atoms with Gasteiger partial charge in [-0.3, -0.25) is 0 Å². The normalized spacial score (nSPS) is 11.3. The summed E-state index contributed by atoms with van der Waals surface area (Å²) in [5.41, 5.74) is 7.74. The maximum atomic E-state index is 4.75. The summed E-state index contributed by atoms with van der Waals surface area (Å²) in [6, 6.07) is 23.1. The molecule has 0 fully saturated rings. The van der Waals surface area contributed by atoms with E-state index in [-0.39, 0.29) is 0 Å². The first-order valence-electron chi connectivity index (χ1n) is 8.47. The fraction of sp³-hybridized carbons (Fsp3) is 0.0909. The zero-order valence-corrected chi connectivity index (χ0v) is 14.7. The van der Waals surface area contributed by atoms with Crippen LogP contribution >= 0.6 is 0 Å². The van der Waals surface area contributed by atoms with Gasteiger partial charge < -0.3 is 9.82 Å². The minimum atomic E-state index is 0.935. The van der Waals surface area contributed by atoms with Crippen molar-refractivity contribution >= 4 is 17.2 Å². The highest BCUT2D eigenvalue weighted by Crippen LogP contribution is 2.27. The Bertz CT molecular complexity index is 1080. The van der Waals surface area contributed by atoms with E-state index in [1.54, 1.807) is 13.3 Å². The lowest BCUT2D eigenvalue weighted by Crippen LogP contribution is -1.85. The van der Waals surface area contributed by atoms with E-state index in [1.807, 2.05) is 19.1 Å². The summed E-state index contributed by atoms with van der Waals surface area (Å²) in [4.78, 5) is 12.5. The number of aromatic nitrogens is 2. The highest BCUT2D eigenvalue weighted by Gasteiger charge is 2.04. The fourth-order valence-corrected chi connectivity index (χ4v) is 3.08. The predicted octanol–water partition coefficient (Wildman–Crippen LogP) is 5.19. The maximum Gasteiger partial charge on any atom is 0.106 e. The number of rotatable bonds is 4. The molecule has 0 atom stereocenters. The van der Waals surface area contributed by atoms with E-state index in [2.05, 4.69) is 69.7 Å². The number of fused-ring (bicyclic) bond motifs is 1. The molecule has 26 heavy (non-hydrogen) atoms. The van der Waals surface area contributed by atoms with E-state index in [4.69, 9.17) is 4.84 Å². The molecule has 4 rings (SSSR count). The van der Waals surface area contributed by atoms with Gasteiger partial charge in [-0.05, 0) is 52.9 Å². The Balaban J connectivity index is 1.64. The standard InChI is InChI=1S/C22H19N3O/c1-15-24-21-11-10-20(13-22(21)25-15)18-8-6-17(7-9-18)19-5-3-4-16(12-19)14-23-26-2/h3-14H,1-2H3,(H,24,25)/b23-14+. The number of oxime groups is 1. The van der Waals surface area contributed by atoms with Crippen LogP contribution in [0.3, 0.4) is 0 Å². The lowest BCUT2D eigenvalue weighted by Gasteiger charge is -2.06. The highest BCUT2D eigenvalue weighted by atomic mass is 16.6. The molecule has 1 heterocycles. The first-order chi connectivity index (χ1) is 12.7. The van der Waals surface area contributed by atoms with E-state index in [9.17, 15) is 0 Å². The van der Waals surface area contributed by atoms with Crippen molar-refractivity contribution in [2.24, 2.45) is 5.16 Å². The third-order valence-electron chi connectivity index (χ3n) is 4.35. The average Bonchev–Trinajstić information content (AvgIpc) is 3.06. The minimum Gasteiger partial charge on any atom is -0.399 e. The van der Waals surface area contributed by atoms with Gasteiger partial charge in [-0.25, -0.2) is 4.98 Å². The number of aromatic amines is 1. The van der Waals surface area contributed by atoms with Crippen molar-refractivity contribution in [2.45, 2.75) is 6.92 Å². The molecule has 3 aromatic carbocycles. The Hall–Kier alpha value is -3.40. The second-order valence-corrected chi connectivity index (χ2v) is 6.17. The van der Waals surface area contributed by atoms with Gasteiger partial charge in [0.1, 0.15) is 12.9 Å². The van der Waals surface area contributed by atoms with Gasteiger partial charge >= 0.3 is 0 Å². The second-order valence-electron chi connectivity index (χ2n) is 6.17. The molecular formula is C22H19N3O. The van der Waals surface area contributed by atoms with Crippen molar-refractivity contribution in [1.29, 1.82) is 0 Å². The SMILES string of the molecule is CO/N=C/c1cccc(-c2ccc(-c3ccc4nc(C)[nH]c4c3)cc2)c1. The monoisotopic (exact) mass is 341 g/mol. The molecule has 0 aliphatic rings. The number of H-pyrrole nitrogens is 1. The second kappa shape index (κ2) is 6.84. The van der Waals surface area contributed by atoms with Gasteiger partial charge in [0.05, 0.1) is 17.2 Å². The Morgan fingerprint density at radius 3 is 2.31 bits per heavy atom. The summed E-state index contributed by atoms with van der Waals surface area (Å²) >= 11 is 0. The van der Waals surface area contributed by atoms with Gasteiger partial charge in [0.25, 0.3) is 0 Å². The van der Waals surface area contributed by atoms with E-state index >= 15 is 0 Å². The van der Waals surface area contributed by atoms with Gasteiger partial charge in [-0.15, -0.1) is 0 Å². The number of hydrogen-bond donors (Lipinski definition) is 1. The summed E-state index contributed by atoms with van der Waals surface area (Å²) in [6.07, 6.45) is 1.71. The van der Waals surface area contributed by atoms with E-state index in [1.165, 1.54) is 16.7 Å². The third-order valence-corrected chi connectivity index (χ3v) is 4.35. The van der Waals surface area contributed by atoms with Crippen LogP contribution in [0.15, 0.2) is 71.9 Å². The smallest absolute Gasteiger partial charge is 0.106 e. The average molecular weight is 341 g/mol. The van der Waals surface area contributed by atoms with Crippen molar-refractivity contribution in [3.63, 3.8) is 0 Å². The molecule has 1 N–H and O–H groups in total. The summed E-state index contributed by atoms with van der Waals surface area (Å²) in [7, 11) is 1.54. The molecule has 4 aromatic rings. The minimum absolute atomic E-state index is 0.935. The number of aryl methyl sites for hydroxylation is 1. The van der Waals surface area contributed by atoms with Crippen LogP contribution in [0.2, 0.25) is 0 Å². The molecule has 0 radical (unpaired) electrons. The molecule has 0 aliphatic heterocycles. The number of nitrogens with zero attached hydrogens (tertiary/aromatic N) is 2. The zero-order chi connectivity index (χ0) is 17.9. The number of nitrogens with one attached hydrogen (secondary N) is 1. The molecular weight excluding hydrogens is 322 g/mol. The van der Waals surface area contributed by atoms with Crippen LogP contribution in [-0.4, -0.2) is 23.3 Å². The molecule has 0 saturated heterocycles. The molecule has 0 bridgehead atoms. The summed E-state index contributed by atoms with van der Waals surface area (Å²) < 4.78 is 0. The van der Waals surface area contributed by atoms with E-state index < -0.39 is 0 Å². The van der Waals surface area contributed by atoms with Crippen LogP contribution < -0.4 is 0 Å². The molecule has 0 saturated carbocycles. The molecule has 0 aliphatic carbocycles. The predicted molar refractivity (Wildman–Crippen MR) is 106 cm³/mol. The Morgan fingerprint density at radius 1 is 0.885 bits per heavy atom. The third kappa shape index (κ3) is 3.22. The summed E-state index contributed by atoms with van der Waals surface area (Å²) in [5, 5.41) is 3.82. The number of imidazole rings is 1. The summed E-state index contributed by atoms with van der Waals surface area (Å²) in [6.45, 7) is 1.97. The van der Waals surface area contributed by atoms with Crippen molar-refractivity contribution in [1.82, 2.24) is 9.97 Å². The van der Waals surface area contributed by atoms with Gasteiger partial charge in [-0.2, -0.15) is 0 Å². The Kier molecular flexibility index (Phi) is 4.23. The Labute approximate surface area is 152 Å². The molecule has 0 spiro atoms. The lowest BCUT2D eigenvalue weighted by atomic mass is 9.99. The van der Waals surface area contributed by atoms with Crippen molar-refractivity contribution in [3.05, 3.63) is 78.1 Å². The van der Waals surface area contributed by atoms with Crippen LogP contribution in [0.5, 0.6) is 0 Å². The largest absolute Gasteiger partial charge is 0.399 e. The molecule has 1 aromatic heterocycles. The number of hydrogen-bond acceptors (Lipinski definition) is 3. The molecule has 0 unspecified atom stereocenters. The highest BCUT2D eigenvalue weighted by molar-refractivity contribution is 5.84. The number of benzene rings is 3. The maximum absolute atomic E-state index is 4.75. The Morgan fingerprint density at radius 2 is 1.58 bits per heavy atom. The van der Waals surface area contributed by atoms with Crippen LogP contribution in [-0.2, 0) is 4.84 Å². The van der Waals surface area contributed by atoms with Crippen molar-refractivity contribution < 1.29 is 4.84 Å². The lowest BCUT2D eigenvalue weighted by molar-refractivity contribution is 0.215. The first kappa shape index (κ1) is 16.1. The van der Waals surface area contributed by atoms with Gasteiger partial charge in [0, 0.05) is 0 Å². The summed E-state index contributed by atoms with van der Waals surface area (Å²) in [5.74, 6) is 0.935. The zero-order valence-electron chi connectivity index (χ0n) is 14.7. The topological polar surface area (TPSA) is 50.3 Å². The van der Waals surface area contributed by atoms with Crippen LogP contribution in [0.25, 0.3) is 33.3 Å². The van der Waals surface area contributed by atoms with E-state index in [0.717, 1.165) is 28.0 Å². The van der Waals surface area contributed by atoms with Gasteiger partial charge in [-0.1, -0.05) is 53.7 Å². The van der Waals surface area contributed by atoms with Crippen LogP contribution in [0.4, 0.5) is 0 Å². The van der Waals surface area contributed by atoms with Gasteiger partial charge in [0.15, 0.2) is 0 Å². The molecule has 128 valence electrons. The van der Waals surface area contributed by atoms with Crippen molar-refractivity contribution in [2.75, 3.05) is 7.11 Å². The van der Waals surface area contributed by atoms with Crippen LogP contribution in [0.1, 0.15) is 11.4 Å². The molecule has 4 heteroatoms. The fourth-order valence-electron chi connectivity index (χ4n) is 3.08. The van der Waals surface area contributed by atoms with E-state index in [0.29, 0.717) is 0 Å². The van der Waals surface area contributed by atoms with Crippen molar-refractivity contribution in [3.8, 4) is 22.3 Å². The molecule has 0 amide bonds. The van der Waals surface area contributed by atoms with Crippen LogP contribution in [0, 0.1) is 6.92 Å². The molecule has 4 nitrogen and oxygen atoms in total. The quantitative estimate of drug-likeness (QED) is 0.410. The van der Waals surface area contributed by atoms with Gasteiger partial charge in [0.2, 0.25) is 0 Å².